The van der Waals surface area contributed by atoms with Crippen LogP contribution >= 0.6 is 11.3 Å². The van der Waals surface area contributed by atoms with Gasteiger partial charge in [0, 0.05) is 24.5 Å². The lowest BCUT2D eigenvalue weighted by Gasteiger charge is -2.43. The number of aromatic nitrogens is 2. The molecule has 152 valence electrons. The second kappa shape index (κ2) is 6.94. The molecule has 0 atom stereocenters. The van der Waals surface area contributed by atoms with Gasteiger partial charge in [0.25, 0.3) is 0 Å². The van der Waals surface area contributed by atoms with Gasteiger partial charge in [0.2, 0.25) is 10.0 Å². The van der Waals surface area contributed by atoms with Gasteiger partial charge in [-0.25, -0.2) is 13.2 Å². The van der Waals surface area contributed by atoms with Crippen LogP contribution in [-0.4, -0.2) is 53.3 Å². The van der Waals surface area contributed by atoms with Gasteiger partial charge in [-0.3, -0.25) is 4.68 Å². The highest BCUT2D eigenvalue weighted by atomic mass is 32.2. The van der Waals surface area contributed by atoms with Crippen LogP contribution < -0.4 is 0 Å². The maximum atomic E-state index is 13.1. The minimum absolute atomic E-state index is 0.250. The average Bonchev–Trinajstić information content (AvgIpc) is 3.27. The second-order valence-electron chi connectivity index (χ2n) is 7.18. The van der Waals surface area contributed by atoms with Crippen molar-refractivity contribution in [3.8, 4) is 0 Å². The van der Waals surface area contributed by atoms with Gasteiger partial charge in [0.15, 0.2) is 0 Å². The van der Waals surface area contributed by atoms with Crippen molar-refractivity contribution < 1.29 is 23.1 Å². The van der Waals surface area contributed by atoms with Crippen molar-refractivity contribution in [2.45, 2.75) is 50.2 Å². The second-order valence-corrected chi connectivity index (χ2v) is 10.1. The largest absolute Gasteiger partial charge is 0.477 e. The summed E-state index contributed by atoms with van der Waals surface area (Å²) >= 11 is 1.26. The van der Waals surface area contributed by atoms with Gasteiger partial charge in [0.05, 0.1) is 18.5 Å². The topological polar surface area (TPSA) is 102 Å². The molecule has 0 amide bonds. The van der Waals surface area contributed by atoms with E-state index in [-0.39, 0.29) is 4.90 Å². The fourth-order valence-corrected chi connectivity index (χ4v) is 6.98. The van der Waals surface area contributed by atoms with E-state index in [1.165, 1.54) is 21.8 Å². The highest BCUT2D eigenvalue weighted by Crippen LogP contribution is 2.46. The van der Waals surface area contributed by atoms with Gasteiger partial charge >= 0.3 is 5.97 Å². The maximum absolute atomic E-state index is 13.1. The predicted molar refractivity (Wildman–Crippen MR) is 103 cm³/mol. The van der Waals surface area contributed by atoms with Crippen molar-refractivity contribution in [1.82, 2.24) is 14.1 Å². The first-order valence-corrected chi connectivity index (χ1v) is 11.6. The molecule has 1 N–H and O–H groups in total. The first kappa shape index (κ1) is 19.6. The Balaban J connectivity index is 1.59. The fraction of sp³-hybridized carbons (Fsp3) is 0.556. The van der Waals surface area contributed by atoms with E-state index in [0.29, 0.717) is 56.1 Å². The van der Waals surface area contributed by atoms with E-state index in [4.69, 9.17) is 4.74 Å². The van der Waals surface area contributed by atoms with Crippen LogP contribution in [-0.2, 0) is 33.3 Å². The van der Waals surface area contributed by atoms with Gasteiger partial charge < -0.3 is 9.84 Å². The first-order chi connectivity index (χ1) is 13.3. The standard InChI is InChI=1S/C18H23N3O5S2/c1-3-21-12(2)15(11-19-21)28(24,25)20-7-5-18(6-8-20)16-13(4-9-26-18)10-14(27-16)17(22)23/h10-11H,3-9H2,1-2H3,(H,22,23). The van der Waals surface area contributed by atoms with E-state index in [9.17, 15) is 18.3 Å². The number of carboxylic acid groups (broad SMARTS) is 1. The molecule has 1 fully saturated rings. The van der Waals surface area contributed by atoms with Crippen molar-refractivity contribution in [3.05, 3.63) is 33.3 Å². The summed E-state index contributed by atoms with van der Waals surface area (Å²) in [6.07, 6.45) is 3.14. The number of ether oxygens (including phenoxy) is 1. The summed E-state index contributed by atoms with van der Waals surface area (Å²) in [6, 6.07) is 1.73. The molecule has 2 aromatic rings. The zero-order valence-electron chi connectivity index (χ0n) is 15.8. The van der Waals surface area contributed by atoms with Crippen LogP contribution in [0.5, 0.6) is 0 Å². The van der Waals surface area contributed by atoms with Gasteiger partial charge in [-0.1, -0.05) is 0 Å². The summed E-state index contributed by atoms with van der Waals surface area (Å²) in [5, 5.41) is 13.5. The lowest BCUT2D eigenvalue weighted by molar-refractivity contribution is -0.0861. The van der Waals surface area contributed by atoms with Crippen LogP contribution in [0.1, 0.15) is 45.6 Å². The molecule has 0 bridgehead atoms. The number of nitrogens with zero attached hydrogens (tertiary/aromatic N) is 3. The number of hydrogen-bond donors (Lipinski definition) is 1. The molecular weight excluding hydrogens is 402 g/mol. The molecule has 0 aliphatic carbocycles. The van der Waals surface area contributed by atoms with Crippen LogP contribution in [0.3, 0.4) is 0 Å². The number of piperidine rings is 1. The Morgan fingerprint density at radius 3 is 2.71 bits per heavy atom. The summed E-state index contributed by atoms with van der Waals surface area (Å²) in [5.41, 5.74) is 1.08. The number of carbonyl (C=O) groups is 1. The van der Waals surface area contributed by atoms with Crippen molar-refractivity contribution in [2.75, 3.05) is 19.7 Å². The molecule has 28 heavy (non-hydrogen) atoms. The first-order valence-electron chi connectivity index (χ1n) is 9.31. The van der Waals surface area contributed by atoms with E-state index >= 15 is 0 Å². The Morgan fingerprint density at radius 2 is 2.11 bits per heavy atom. The van der Waals surface area contributed by atoms with Crippen molar-refractivity contribution in [1.29, 1.82) is 0 Å². The van der Waals surface area contributed by atoms with E-state index in [1.54, 1.807) is 17.7 Å². The summed E-state index contributed by atoms with van der Waals surface area (Å²) in [6.45, 7) is 5.50. The van der Waals surface area contributed by atoms with Crippen molar-refractivity contribution in [3.63, 3.8) is 0 Å². The summed E-state index contributed by atoms with van der Waals surface area (Å²) in [5.74, 6) is -0.932. The average molecular weight is 426 g/mol. The van der Waals surface area contributed by atoms with E-state index in [2.05, 4.69) is 5.10 Å². The molecule has 1 saturated heterocycles. The molecule has 2 aliphatic rings. The molecule has 2 aliphatic heterocycles. The molecule has 0 saturated carbocycles. The van der Waals surface area contributed by atoms with Crippen LogP contribution in [0.4, 0.5) is 0 Å². The monoisotopic (exact) mass is 425 g/mol. The van der Waals surface area contributed by atoms with Crippen LogP contribution in [0.2, 0.25) is 0 Å². The maximum Gasteiger partial charge on any atom is 0.345 e. The zero-order valence-corrected chi connectivity index (χ0v) is 17.5. The number of rotatable bonds is 4. The number of aromatic carboxylic acids is 1. The third kappa shape index (κ3) is 2.99. The molecular formula is C18H23N3O5S2. The van der Waals surface area contributed by atoms with Crippen LogP contribution in [0, 0.1) is 6.92 Å². The lowest BCUT2D eigenvalue weighted by atomic mass is 9.86. The van der Waals surface area contributed by atoms with Crippen molar-refractivity contribution in [2.24, 2.45) is 0 Å². The van der Waals surface area contributed by atoms with Crippen LogP contribution in [0.15, 0.2) is 17.2 Å². The number of sulfonamides is 1. The quantitative estimate of drug-likeness (QED) is 0.806. The predicted octanol–water partition coefficient (Wildman–Crippen LogP) is 2.22. The smallest absolute Gasteiger partial charge is 0.345 e. The van der Waals surface area contributed by atoms with Crippen LogP contribution in [0.25, 0.3) is 0 Å². The van der Waals surface area contributed by atoms with Gasteiger partial charge in [0.1, 0.15) is 15.4 Å². The SMILES string of the molecule is CCn1ncc(S(=O)(=O)N2CCC3(CC2)OCCc2cc(C(=O)O)sc23)c1C. The number of hydrogen-bond acceptors (Lipinski definition) is 6. The number of thiophene rings is 1. The Hall–Kier alpha value is -1.75. The van der Waals surface area contributed by atoms with Gasteiger partial charge in [-0.15, -0.1) is 11.3 Å². The van der Waals surface area contributed by atoms with Gasteiger partial charge in [-0.2, -0.15) is 9.40 Å². The van der Waals surface area contributed by atoms with Gasteiger partial charge in [-0.05, 0) is 44.7 Å². The molecule has 10 heteroatoms. The van der Waals surface area contributed by atoms with E-state index in [1.807, 2.05) is 6.92 Å². The zero-order chi connectivity index (χ0) is 20.1. The normalized spacial score (nSPS) is 19.6. The molecule has 8 nitrogen and oxygen atoms in total. The Bertz CT molecular complexity index is 1020. The molecule has 4 heterocycles. The molecule has 2 aromatic heterocycles. The number of fused-ring (bicyclic) bond motifs is 2. The molecule has 0 aromatic carbocycles. The highest BCUT2D eigenvalue weighted by Gasteiger charge is 2.45. The minimum atomic E-state index is -3.62. The summed E-state index contributed by atoms with van der Waals surface area (Å²) < 4.78 is 35.5. The molecule has 1 spiro atoms. The minimum Gasteiger partial charge on any atom is -0.477 e. The fourth-order valence-electron chi connectivity index (χ4n) is 4.13. The number of carboxylic acids is 1. The third-order valence-corrected chi connectivity index (χ3v) is 9.04. The summed E-state index contributed by atoms with van der Waals surface area (Å²) in [4.78, 5) is 12.9. The summed E-state index contributed by atoms with van der Waals surface area (Å²) in [7, 11) is -3.62. The molecule has 0 radical (unpaired) electrons. The van der Waals surface area contributed by atoms with E-state index in [0.717, 1.165) is 10.4 Å². The van der Waals surface area contributed by atoms with Crippen molar-refractivity contribution >= 4 is 27.3 Å². The number of aryl methyl sites for hydroxylation is 1. The third-order valence-electron chi connectivity index (χ3n) is 5.69. The Labute approximate surface area is 167 Å². The molecule has 0 unspecified atom stereocenters. The Morgan fingerprint density at radius 1 is 1.39 bits per heavy atom. The lowest BCUT2D eigenvalue weighted by Crippen LogP contribution is -2.47. The van der Waals surface area contributed by atoms with E-state index < -0.39 is 21.6 Å². The Kier molecular flexibility index (Phi) is 4.85. The molecule has 4 rings (SSSR count). The highest BCUT2D eigenvalue weighted by molar-refractivity contribution is 7.89.